The Balaban J connectivity index is 2.36. The molecule has 0 aliphatic rings. The van der Waals surface area contributed by atoms with Crippen LogP contribution in [-0.2, 0) is 11.3 Å². The maximum absolute atomic E-state index is 11.4. The largest absolute Gasteiger partial charge is 0.431 e. The number of nitrogens with one attached hydrogen (secondary N) is 2. The predicted molar refractivity (Wildman–Crippen MR) is 62.7 cm³/mol. The van der Waals surface area contributed by atoms with Gasteiger partial charge in [0.25, 0.3) is 0 Å². The number of aromatic amines is 1. The van der Waals surface area contributed by atoms with Crippen molar-refractivity contribution in [2.45, 2.75) is 39.8 Å². The first kappa shape index (κ1) is 13.9. The van der Waals surface area contributed by atoms with Crippen LogP contribution in [0, 0.1) is 0 Å². The molecule has 0 saturated heterocycles. The van der Waals surface area contributed by atoms with Gasteiger partial charge in [-0.3, -0.25) is 4.52 Å². The maximum atomic E-state index is 11.4. The van der Waals surface area contributed by atoms with Crippen LogP contribution in [0.4, 0.5) is 0 Å². The smallest absolute Gasteiger partial charge is 0.382 e. The zero-order valence-electron chi connectivity index (χ0n) is 10.8. The Morgan fingerprint density at radius 1 is 1.53 bits per heavy atom. The third-order valence-corrected chi connectivity index (χ3v) is 2.42. The van der Waals surface area contributed by atoms with Crippen molar-refractivity contribution in [3.05, 3.63) is 16.1 Å². The molecular weight excluding hydrogens is 222 g/mol. The van der Waals surface area contributed by atoms with Crippen LogP contribution in [0.3, 0.4) is 0 Å². The molecule has 0 aliphatic carbocycles. The molecule has 0 fully saturated rings. The van der Waals surface area contributed by atoms with Crippen LogP contribution < -0.4 is 15.6 Å². The highest BCUT2D eigenvalue weighted by Crippen LogP contribution is 1.91. The Kier molecular flexibility index (Phi) is 5.93. The lowest BCUT2D eigenvalue weighted by molar-refractivity contribution is -0.785. The first-order valence-corrected chi connectivity index (χ1v) is 6.07. The van der Waals surface area contributed by atoms with Crippen LogP contribution in [0.25, 0.3) is 0 Å². The molecule has 0 bridgehead atoms. The van der Waals surface area contributed by atoms with Gasteiger partial charge in [0.1, 0.15) is 0 Å². The van der Waals surface area contributed by atoms with Gasteiger partial charge in [-0.05, 0) is 39.0 Å². The SMILES string of the molecule is CCOCCCNCc1c(=O)o[nH][n+]1C(C)C. The van der Waals surface area contributed by atoms with Gasteiger partial charge in [-0.1, -0.05) is 4.68 Å². The van der Waals surface area contributed by atoms with E-state index in [0.29, 0.717) is 12.2 Å². The Hall–Kier alpha value is -1.14. The Morgan fingerprint density at radius 2 is 2.29 bits per heavy atom. The number of H-pyrrole nitrogens is 1. The molecule has 6 nitrogen and oxygen atoms in total. The predicted octanol–water partition coefficient (Wildman–Crippen LogP) is 0.353. The summed E-state index contributed by atoms with van der Waals surface area (Å²) >= 11 is 0. The van der Waals surface area contributed by atoms with Crippen LogP contribution >= 0.6 is 0 Å². The van der Waals surface area contributed by atoms with Crippen molar-refractivity contribution in [2.75, 3.05) is 19.8 Å². The van der Waals surface area contributed by atoms with Gasteiger partial charge in [0.2, 0.25) is 0 Å². The molecule has 0 saturated carbocycles. The molecule has 0 spiro atoms. The van der Waals surface area contributed by atoms with Crippen molar-refractivity contribution in [1.82, 2.24) is 10.6 Å². The molecule has 2 N–H and O–H groups in total. The Morgan fingerprint density at radius 3 is 2.94 bits per heavy atom. The summed E-state index contributed by atoms with van der Waals surface area (Å²) in [6.45, 7) is 8.78. The van der Waals surface area contributed by atoms with E-state index in [1.807, 2.05) is 20.8 Å². The van der Waals surface area contributed by atoms with Gasteiger partial charge in [0.05, 0.1) is 6.54 Å². The van der Waals surface area contributed by atoms with E-state index in [1.165, 1.54) is 0 Å². The highest BCUT2D eigenvalue weighted by atomic mass is 16.5. The Labute approximate surface area is 101 Å². The molecule has 0 aliphatic heterocycles. The van der Waals surface area contributed by atoms with Crippen LogP contribution in [-0.4, -0.2) is 25.0 Å². The molecule has 1 aromatic rings. The maximum Gasteiger partial charge on any atom is 0.431 e. The minimum absolute atomic E-state index is 0.182. The van der Waals surface area contributed by atoms with E-state index in [4.69, 9.17) is 9.26 Å². The normalized spacial score (nSPS) is 11.3. The third-order valence-electron chi connectivity index (χ3n) is 2.42. The molecule has 0 unspecified atom stereocenters. The van der Waals surface area contributed by atoms with Gasteiger partial charge >= 0.3 is 11.3 Å². The van der Waals surface area contributed by atoms with Gasteiger partial charge in [0.15, 0.2) is 6.04 Å². The molecule has 0 amide bonds. The summed E-state index contributed by atoms with van der Waals surface area (Å²) in [5.41, 5.74) is 0.312. The lowest BCUT2D eigenvalue weighted by Crippen LogP contribution is -2.45. The van der Waals surface area contributed by atoms with E-state index in [0.717, 1.165) is 26.2 Å². The monoisotopic (exact) mass is 244 g/mol. The molecule has 1 rings (SSSR count). The first-order chi connectivity index (χ1) is 8.16. The molecular formula is C11H22N3O3+. The van der Waals surface area contributed by atoms with Crippen molar-refractivity contribution >= 4 is 0 Å². The van der Waals surface area contributed by atoms with Crippen molar-refractivity contribution in [2.24, 2.45) is 0 Å². The number of aromatic nitrogens is 2. The zero-order chi connectivity index (χ0) is 12.7. The molecule has 6 heteroatoms. The second-order valence-electron chi connectivity index (χ2n) is 4.12. The number of rotatable bonds is 8. The van der Waals surface area contributed by atoms with Crippen LogP contribution in [0.2, 0.25) is 0 Å². The average molecular weight is 244 g/mol. The lowest BCUT2D eigenvalue weighted by Gasteiger charge is -2.02. The molecule has 17 heavy (non-hydrogen) atoms. The van der Waals surface area contributed by atoms with Crippen LogP contribution in [0.1, 0.15) is 38.9 Å². The summed E-state index contributed by atoms with van der Waals surface area (Å²) < 4.78 is 11.7. The second-order valence-corrected chi connectivity index (χ2v) is 4.12. The van der Waals surface area contributed by atoms with E-state index in [1.54, 1.807) is 4.68 Å². The summed E-state index contributed by atoms with van der Waals surface area (Å²) in [4.78, 5) is 11.4. The van der Waals surface area contributed by atoms with Crippen molar-refractivity contribution < 1.29 is 13.9 Å². The standard InChI is InChI=1S/C11H21N3O3/c1-4-16-7-5-6-12-8-10-11(15)17-13-14(10)9(2)3/h9,12H,4-8H2,1-3H3/p+1. The zero-order valence-corrected chi connectivity index (χ0v) is 10.8. The fraction of sp³-hybridized carbons (Fsp3) is 0.818. The highest BCUT2D eigenvalue weighted by Gasteiger charge is 2.22. The fourth-order valence-corrected chi connectivity index (χ4v) is 1.53. The minimum atomic E-state index is -0.309. The minimum Gasteiger partial charge on any atom is -0.382 e. The number of nitrogens with zero attached hydrogens (tertiary/aromatic N) is 1. The molecule has 1 aromatic heterocycles. The third kappa shape index (κ3) is 4.32. The average Bonchev–Trinajstić information content (AvgIpc) is 2.65. The van der Waals surface area contributed by atoms with Gasteiger partial charge in [-0.15, -0.1) is 0 Å². The number of ether oxygens (including phenoxy) is 1. The molecule has 1 heterocycles. The lowest BCUT2D eigenvalue weighted by atomic mass is 10.3. The summed E-state index contributed by atoms with van der Waals surface area (Å²) in [6, 6.07) is 0.182. The van der Waals surface area contributed by atoms with E-state index in [-0.39, 0.29) is 11.7 Å². The van der Waals surface area contributed by atoms with Gasteiger partial charge < -0.3 is 10.1 Å². The Bertz CT molecular complexity index is 370. The summed E-state index contributed by atoms with van der Waals surface area (Å²) in [5, 5.41) is 5.80. The molecule has 98 valence electrons. The van der Waals surface area contributed by atoms with Crippen molar-refractivity contribution in [1.29, 1.82) is 0 Å². The van der Waals surface area contributed by atoms with E-state index in [9.17, 15) is 4.79 Å². The molecule has 0 atom stereocenters. The first-order valence-electron chi connectivity index (χ1n) is 6.07. The molecule has 0 aromatic carbocycles. The van der Waals surface area contributed by atoms with Crippen molar-refractivity contribution in [3.8, 4) is 0 Å². The van der Waals surface area contributed by atoms with Gasteiger partial charge in [-0.25, -0.2) is 4.79 Å². The van der Waals surface area contributed by atoms with Crippen molar-refractivity contribution in [3.63, 3.8) is 0 Å². The quantitative estimate of drug-likeness (QED) is 0.511. The van der Waals surface area contributed by atoms with Gasteiger partial charge in [0, 0.05) is 13.2 Å². The fourth-order valence-electron chi connectivity index (χ4n) is 1.53. The highest BCUT2D eigenvalue weighted by molar-refractivity contribution is 4.82. The van der Waals surface area contributed by atoms with E-state index in [2.05, 4.69) is 10.6 Å². The van der Waals surface area contributed by atoms with Crippen LogP contribution in [0.5, 0.6) is 0 Å². The van der Waals surface area contributed by atoms with Crippen LogP contribution in [0.15, 0.2) is 9.32 Å². The second kappa shape index (κ2) is 7.24. The van der Waals surface area contributed by atoms with E-state index >= 15 is 0 Å². The summed E-state index contributed by atoms with van der Waals surface area (Å²) in [6.07, 6.45) is 0.936. The number of hydrogen-bond donors (Lipinski definition) is 2. The topological polar surface area (TPSA) is 71.1 Å². The number of hydrogen-bond acceptors (Lipinski definition) is 4. The summed E-state index contributed by atoms with van der Waals surface area (Å²) in [5.74, 6) is 0. The summed E-state index contributed by atoms with van der Waals surface area (Å²) in [7, 11) is 0. The van der Waals surface area contributed by atoms with E-state index < -0.39 is 0 Å². The van der Waals surface area contributed by atoms with Gasteiger partial charge in [-0.2, -0.15) is 0 Å². The molecule has 0 radical (unpaired) electrons.